The topological polar surface area (TPSA) is 61.7 Å². The van der Waals surface area contributed by atoms with E-state index < -0.39 is 5.97 Å². The number of carbonyl (C=O) groups is 1. The number of para-hydroxylation sites is 1. The number of carboxylic acids is 1. The van der Waals surface area contributed by atoms with Crippen molar-refractivity contribution >= 4 is 17.9 Å². The van der Waals surface area contributed by atoms with Gasteiger partial charge < -0.3 is 5.11 Å². The molecule has 0 unspecified atom stereocenters. The van der Waals surface area contributed by atoms with Gasteiger partial charge in [-0.2, -0.15) is 5.10 Å². The third-order valence-corrected chi connectivity index (χ3v) is 2.31. The van der Waals surface area contributed by atoms with Crippen LogP contribution in [0.4, 0.5) is 5.69 Å². The predicted molar refractivity (Wildman–Crippen MR) is 71.1 cm³/mol. The van der Waals surface area contributed by atoms with Crippen molar-refractivity contribution in [3.8, 4) is 0 Å². The number of nitrogens with one attached hydrogen (secondary N) is 1. The zero-order valence-corrected chi connectivity index (χ0v) is 9.58. The van der Waals surface area contributed by atoms with E-state index in [0.29, 0.717) is 0 Å². The Morgan fingerprint density at radius 1 is 1.11 bits per heavy atom. The fourth-order valence-corrected chi connectivity index (χ4v) is 1.45. The van der Waals surface area contributed by atoms with Gasteiger partial charge in [0.15, 0.2) is 0 Å². The Kier molecular flexibility index (Phi) is 3.71. The number of hydrogen-bond acceptors (Lipinski definition) is 3. The first kappa shape index (κ1) is 11.9. The van der Waals surface area contributed by atoms with E-state index in [2.05, 4.69) is 10.5 Å². The molecule has 0 saturated heterocycles. The molecule has 2 N–H and O–H groups in total. The number of anilines is 1. The Hall–Kier alpha value is -2.62. The molecule has 0 aromatic heterocycles. The van der Waals surface area contributed by atoms with Crippen molar-refractivity contribution in [3.63, 3.8) is 0 Å². The molecule has 0 aliphatic heterocycles. The summed E-state index contributed by atoms with van der Waals surface area (Å²) in [5.74, 6) is -0.943. The lowest BCUT2D eigenvalue weighted by Crippen LogP contribution is -1.97. The smallest absolute Gasteiger partial charge is 0.335 e. The standard InChI is InChI=1S/C14H12N2O2/c17-14(18)12-6-4-5-11(9-12)10-15-16-13-7-2-1-3-8-13/h1-10,16H,(H,17,18)/b15-10-. The van der Waals surface area contributed by atoms with E-state index in [4.69, 9.17) is 5.11 Å². The van der Waals surface area contributed by atoms with E-state index in [1.54, 1.807) is 30.5 Å². The number of carboxylic acid groups (broad SMARTS) is 1. The van der Waals surface area contributed by atoms with Crippen LogP contribution in [0.5, 0.6) is 0 Å². The third kappa shape index (κ3) is 3.18. The molecule has 0 saturated carbocycles. The maximum absolute atomic E-state index is 10.8. The van der Waals surface area contributed by atoms with Gasteiger partial charge in [-0.3, -0.25) is 5.43 Å². The Morgan fingerprint density at radius 3 is 2.61 bits per heavy atom. The molecule has 0 radical (unpaired) electrons. The van der Waals surface area contributed by atoms with Crippen molar-refractivity contribution in [2.75, 3.05) is 5.43 Å². The third-order valence-electron chi connectivity index (χ3n) is 2.31. The van der Waals surface area contributed by atoms with Gasteiger partial charge in [-0.25, -0.2) is 4.79 Å². The molecule has 0 heterocycles. The number of aromatic carboxylic acids is 1. The summed E-state index contributed by atoms with van der Waals surface area (Å²) < 4.78 is 0. The first-order valence-electron chi connectivity index (χ1n) is 5.43. The zero-order chi connectivity index (χ0) is 12.8. The van der Waals surface area contributed by atoms with Gasteiger partial charge in [-0.1, -0.05) is 30.3 Å². The quantitative estimate of drug-likeness (QED) is 0.638. The summed E-state index contributed by atoms with van der Waals surface area (Å²) in [6, 6.07) is 16.1. The van der Waals surface area contributed by atoms with Gasteiger partial charge in [0.25, 0.3) is 0 Å². The van der Waals surface area contributed by atoms with Gasteiger partial charge in [-0.05, 0) is 29.8 Å². The van der Waals surface area contributed by atoms with Crippen molar-refractivity contribution in [3.05, 3.63) is 65.7 Å². The van der Waals surface area contributed by atoms with E-state index >= 15 is 0 Å². The van der Waals surface area contributed by atoms with E-state index in [1.165, 1.54) is 0 Å². The van der Waals surface area contributed by atoms with Crippen LogP contribution in [-0.4, -0.2) is 17.3 Å². The molecule has 0 spiro atoms. The number of benzene rings is 2. The summed E-state index contributed by atoms with van der Waals surface area (Å²) in [6.45, 7) is 0. The molecule has 18 heavy (non-hydrogen) atoms. The van der Waals surface area contributed by atoms with Crippen LogP contribution in [0.3, 0.4) is 0 Å². The SMILES string of the molecule is O=C(O)c1cccc(/C=N\Nc2ccccc2)c1. The molecule has 90 valence electrons. The average Bonchev–Trinajstić information content (AvgIpc) is 2.40. The van der Waals surface area contributed by atoms with E-state index in [-0.39, 0.29) is 5.56 Å². The van der Waals surface area contributed by atoms with Crippen LogP contribution in [0, 0.1) is 0 Å². The fraction of sp³-hybridized carbons (Fsp3) is 0. The van der Waals surface area contributed by atoms with Crippen molar-refractivity contribution in [1.82, 2.24) is 0 Å². The Bertz CT molecular complexity index is 565. The van der Waals surface area contributed by atoms with Gasteiger partial charge in [0, 0.05) is 0 Å². The maximum Gasteiger partial charge on any atom is 0.335 e. The molecular formula is C14H12N2O2. The first-order valence-corrected chi connectivity index (χ1v) is 5.43. The van der Waals surface area contributed by atoms with Gasteiger partial charge in [0.05, 0.1) is 17.5 Å². The lowest BCUT2D eigenvalue weighted by Gasteiger charge is -1.99. The van der Waals surface area contributed by atoms with E-state index in [0.717, 1.165) is 11.3 Å². The minimum atomic E-state index is -0.943. The van der Waals surface area contributed by atoms with E-state index in [1.807, 2.05) is 30.3 Å². The summed E-state index contributed by atoms with van der Waals surface area (Å²) in [5.41, 5.74) is 4.73. The Labute approximate surface area is 105 Å². The normalized spacial score (nSPS) is 10.4. The van der Waals surface area contributed by atoms with Crippen molar-refractivity contribution < 1.29 is 9.90 Å². The minimum Gasteiger partial charge on any atom is -0.478 e. The van der Waals surface area contributed by atoms with Gasteiger partial charge in [-0.15, -0.1) is 0 Å². The highest BCUT2D eigenvalue weighted by molar-refractivity contribution is 5.91. The average molecular weight is 240 g/mol. The molecule has 0 aliphatic carbocycles. The molecule has 4 nitrogen and oxygen atoms in total. The zero-order valence-electron chi connectivity index (χ0n) is 9.58. The molecule has 4 heteroatoms. The lowest BCUT2D eigenvalue weighted by molar-refractivity contribution is 0.0697. The molecule has 0 atom stereocenters. The molecule has 0 amide bonds. The van der Waals surface area contributed by atoms with Crippen molar-refractivity contribution in [2.24, 2.45) is 5.10 Å². The summed E-state index contributed by atoms with van der Waals surface area (Å²) >= 11 is 0. The van der Waals surface area contributed by atoms with Crippen LogP contribution in [0.2, 0.25) is 0 Å². The Balaban J connectivity index is 2.05. The van der Waals surface area contributed by atoms with Crippen LogP contribution in [0.25, 0.3) is 0 Å². The highest BCUT2D eigenvalue weighted by Gasteiger charge is 2.01. The number of rotatable bonds is 4. The van der Waals surface area contributed by atoms with Gasteiger partial charge in [0.1, 0.15) is 0 Å². The summed E-state index contributed by atoms with van der Waals surface area (Å²) in [6.07, 6.45) is 1.58. The molecular weight excluding hydrogens is 228 g/mol. The van der Waals surface area contributed by atoms with Crippen molar-refractivity contribution in [2.45, 2.75) is 0 Å². The van der Waals surface area contributed by atoms with Gasteiger partial charge >= 0.3 is 5.97 Å². The minimum absolute atomic E-state index is 0.249. The molecule has 2 aromatic carbocycles. The molecule has 2 aromatic rings. The summed E-state index contributed by atoms with van der Waals surface area (Å²) in [7, 11) is 0. The second-order valence-electron chi connectivity index (χ2n) is 3.67. The highest BCUT2D eigenvalue weighted by Crippen LogP contribution is 2.06. The second-order valence-corrected chi connectivity index (χ2v) is 3.67. The van der Waals surface area contributed by atoms with Crippen LogP contribution in [0.1, 0.15) is 15.9 Å². The van der Waals surface area contributed by atoms with Crippen LogP contribution in [-0.2, 0) is 0 Å². The largest absolute Gasteiger partial charge is 0.478 e. The summed E-state index contributed by atoms with van der Waals surface area (Å²) in [5, 5.41) is 12.9. The fourth-order valence-electron chi connectivity index (χ4n) is 1.45. The number of hydrazone groups is 1. The second kappa shape index (κ2) is 5.63. The predicted octanol–water partition coefficient (Wildman–Crippen LogP) is 2.83. The van der Waals surface area contributed by atoms with Crippen LogP contribution in [0.15, 0.2) is 59.7 Å². The van der Waals surface area contributed by atoms with Gasteiger partial charge in [0.2, 0.25) is 0 Å². The Morgan fingerprint density at radius 2 is 1.89 bits per heavy atom. The lowest BCUT2D eigenvalue weighted by atomic mass is 10.1. The van der Waals surface area contributed by atoms with Crippen LogP contribution < -0.4 is 5.43 Å². The molecule has 0 fully saturated rings. The van der Waals surface area contributed by atoms with Crippen molar-refractivity contribution in [1.29, 1.82) is 0 Å². The molecule has 2 rings (SSSR count). The highest BCUT2D eigenvalue weighted by atomic mass is 16.4. The number of hydrogen-bond donors (Lipinski definition) is 2. The number of nitrogens with zero attached hydrogens (tertiary/aromatic N) is 1. The summed E-state index contributed by atoms with van der Waals surface area (Å²) in [4.78, 5) is 10.8. The monoisotopic (exact) mass is 240 g/mol. The maximum atomic E-state index is 10.8. The molecule has 0 bridgehead atoms. The first-order chi connectivity index (χ1) is 8.75. The van der Waals surface area contributed by atoms with Crippen LogP contribution >= 0.6 is 0 Å². The van der Waals surface area contributed by atoms with E-state index in [9.17, 15) is 4.79 Å². The molecule has 0 aliphatic rings.